The molecule has 5 heteroatoms. The van der Waals surface area contributed by atoms with Crippen molar-refractivity contribution in [3.05, 3.63) is 41.7 Å². The molecular formula is C15H17N5. The first-order valence-electron chi connectivity index (χ1n) is 6.48. The van der Waals surface area contributed by atoms with Crippen LogP contribution >= 0.6 is 0 Å². The van der Waals surface area contributed by atoms with E-state index in [0.717, 1.165) is 28.1 Å². The molecule has 0 atom stereocenters. The summed E-state index contributed by atoms with van der Waals surface area (Å²) in [5.41, 5.74) is 12.3. The zero-order valence-corrected chi connectivity index (χ0v) is 11.8. The van der Waals surface area contributed by atoms with E-state index in [2.05, 4.69) is 34.4 Å². The molecule has 0 spiro atoms. The topological polar surface area (TPSA) is 72.5 Å². The van der Waals surface area contributed by atoms with Crippen molar-refractivity contribution in [2.45, 2.75) is 13.8 Å². The lowest BCUT2D eigenvalue weighted by molar-refractivity contribution is 0.782. The van der Waals surface area contributed by atoms with Crippen LogP contribution < -0.4 is 5.73 Å². The Morgan fingerprint density at radius 1 is 1.15 bits per heavy atom. The van der Waals surface area contributed by atoms with Gasteiger partial charge in [0.1, 0.15) is 11.5 Å². The van der Waals surface area contributed by atoms with Gasteiger partial charge < -0.3 is 5.73 Å². The van der Waals surface area contributed by atoms with Crippen LogP contribution in [0.1, 0.15) is 11.3 Å². The van der Waals surface area contributed by atoms with E-state index in [4.69, 9.17) is 5.73 Å². The molecule has 0 unspecified atom stereocenters. The van der Waals surface area contributed by atoms with Crippen molar-refractivity contribution in [1.82, 2.24) is 20.0 Å². The number of aromatic amines is 1. The van der Waals surface area contributed by atoms with Crippen molar-refractivity contribution in [2.75, 3.05) is 5.73 Å². The molecule has 0 amide bonds. The Hall–Kier alpha value is -2.56. The number of rotatable bonds is 2. The lowest BCUT2D eigenvalue weighted by atomic mass is 9.97. The maximum Gasteiger partial charge on any atom is 0.129 e. The van der Waals surface area contributed by atoms with E-state index < -0.39 is 0 Å². The van der Waals surface area contributed by atoms with E-state index in [-0.39, 0.29) is 0 Å². The number of aryl methyl sites for hydroxylation is 3. The van der Waals surface area contributed by atoms with E-state index in [1.807, 2.05) is 26.1 Å². The number of aromatic nitrogens is 4. The summed E-state index contributed by atoms with van der Waals surface area (Å²) >= 11 is 0. The Bertz CT molecular complexity index is 766. The first-order valence-corrected chi connectivity index (χ1v) is 6.48. The van der Waals surface area contributed by atoms with Crippen molar-refractivity contribution < 1.29 is 0 Å². The van der Waals surface area contributed by atoms with Crippen LogP contribution in [-0.2, 0) is 7.05 Å². The molecule has 3 aromatic rings. The molecule has 0 saturated carbocycles. The second kappa shape index (κ2) is 4.52. The van der Waals surface area contributed by atoms with E-state index in [1.165, 1.54) is 5.56 Å². The second-order valence-electron chi connectivity index (χ2n) is 4.96. The molecule has 1 aromatic carbocycles. The molecule has 20 heavy (non-hydrogen) atoms. The molecule has 5 nitrogen and oxygen atoms in total. The molecule has 102 valence electrons. The zero-order chi connectivity index (χ0) is 14.3. The van der Waals surface area contributed by atoms with E-state index in [9.17, 15) is 0 Å². The summed E-state index contributed by atoms with van der Waals surface area (Å²) in [7, 11) is 1.86. The lowest BCUT2D eigenvalue weighted by Gasteiger charge is -2.07. The van der Waals surface area contributed by atoms with Crippen LogP contribution in [0.4, 0.5) is 5.82 Å². The quantitative estimate of drug-likeness (QED) is 0.749. The number of hydrogen-bond acceptors (Lipinski definition) is 3. The van der Waals surface area contributed by atoms with Crippen molar-refractivity contribution in [3.63, 3.8) is 0 Å². The molecular weight excluding hydrogens is 250 g/mol. The first kappa shape index (κ1) is 12.5. The average Bonchev–Trinajstić information content (AvgIpc) is 2.96. The monoisotopic (exact) mass is 267 g/mol. The Labute approximate surface area is 117 Å². The van der Waals surface area contributed by atoms with Crippen LogP contribution in [0.15, 0.2) is 30.5 Å². The van der Waals surface area contributed by atoms with Gasteiger partial charge in [-0.2, -0.15) is 10.2 Å². The summed E-state index contributed by atoms with van der Waals surface area (Å²) in [6, 6.07) is 8.18. The van der Waals surface area contributed by atoms with Gasteiger partial charge >= 0.3 is 0 Å². The number of nitrogens with two attached hydrogens (primary N) is 1. The molecule has 0 bridgehead atoms. The van der Waals surface area contributed by atoms with Crippen LogP contribution in [0.3, 0.4) is 0 Å². The van der Waals surface area contributed by atoms with E-state index in [1.54, 1.807) is 10.9 Å². The first-order chi connectivity index (χ1) is 9.59. The molecule has 2 aromatic heterocycles. The number of H-pyrrole nitrogens is 1. The van der Waals surface area contributed by atoms with Crippen molar-refractivity contribution in [2.24, 2.45) is 7.05 Å². The number of nitrogens with one attached hydrogen (secondary N) is 1. The molecule has 3 N–H and O–H groups in total. The maximum absolute atomic E-state index is 6.23. The number of benzene rings is 1. The van der Waals surface area contributed by atoms with Crippen LogP contribution in [0.2, 0.25) is 0 Å². The minimum Gasteiger partial charge on any atom is -0.383 e. The van der Waals surface area contributed by atoms with Gasteiger partial charge in [0.15, 0.2) is 0 Å². The molecule has 0 aliphatic heterocycles. The molecule has 0 saturated heterocycles. The molecule has 2 heterocycles. The normalized spacial score (nSPS) is 10.9. The largest absolute Gasteiger partial charge is 0.383 e. The van der Waals surface area contributed by atoms with Crippen molar-refractivity contribution >= 4 is 5.82 Å². The highest BCUT2D eigenvalue weighted by atomic mass is 15.3. The third kappa shape index (κ3) is 1.79. The zero-order valence-electron chi connectivity index (χ0n) is 11.8. The van der Waals surface area contributed by atoms with Gasteiger partial charge in [-0.1, -0.05) is 24.3 Å². The summed E-state index contributed by atoms with van der Waals surface area (Å²) in [6.45, 7) is 4.06. The summed E-state index contributed by atoms with van der Waals surface area (Å²) in [5.74, 6) is 0.662. The Kier molecular flexibility index (Phi) is 2.82. The average molecular weight is 267 g/mol. The fourth-order valence-electron chi connectivity index (χ4n) is 2.43. The fourth-order valence-corrected chi connectivity index (χ4v) is 2.43. The van der Waals surface area contributed by atoms with Gasteiger partial charge in [-0.15, -0.1) is 0 Å². The standard InChI is InChI=1S/C15H17N5/c1-9-6-4-5-7-11(9)13-14(19-20(3)15(13)16)12-8-17-18-10(12)2/h4-8H,16H2,1-3H3,(H,17,18). The van der Waals surface area contributed by atoms with Crippen molar-refractivity contribution in [3.8, 4) is 22.4 Å². The molecule has 3 rings (SSSR count). The van der Waals surface area contributed by atoms with Gasteiger partial charge in [0, 0.05) is 18.3 Å². The minimum absolute atomic E-state index is 0.662. The minimum atomic E-state index is 0.662. The van der Waals surface area contributed by atoms with Crippen LogP contribution in [0, 0.1) is 13.8 Å². The molecule has 0 aliphatic carbocycles. The second-order valence-corrected chi connectivity index (χ2v) is 4.96. The third-order valence-electron chi connectivity index (χ3n) is 3.59. The fraction of sp³-hybridized carbons (Fsp3) is 0.200. The van der Waals surface area contributed by atoms with Crippen LogP contribution in [0.25, 0.3) is 22.4 Å². The Morgan fingerprint density at radius 3 is 2.55 bits per heavy atom. The summed E-state index contributed by atoms with van der Waals surface area (Å²) in [4.78, 5) is 0. The number of hydrogen-bond donors (Lipinski definition) is 2. The highest BCUT2D eigenvalue weighted by molar-refractivity contribution is 5.89. The van der Waals surface area contributed by atoms with Gasteiger partial charge in [0.2, 0.25) is 0 Å². The highest BCUT2D eigenvalue weighted by Gasteiger charge is 2.20. The highest BCUT2D eigenvalue weighted by Crippen LogP contribution is 2.37. The predicted molar refractivity (Wildman–Crippen MR) is 80.1 cm³/mol. The SMILES string of the molecule is Cc1ccccc1-c1c(-c2cn[nH]c2C)nn(C)c1N. The van der Waals surface area contributed by atoms with E-state index in [0.29, 0.717) is 5.82 Å². The van der Waals surface area contributed by atoms with Crippen LogP contribution in [-0.4, -0.2) is 20.0 Å². The predicted octanol–water partition coefficient (Wildman–Crippen LogP) is 2.68. The van der Waals surface area contributed by atoms with Gasteiger partial charge in [0.05, 0.1) is 11.8 Å². The third-order valence-corrected chi connectivity index (χ3v) is 3.59. The summed E-state index contributed by atoms with van der Waals surface area (Å²) < 4.78 is 1.71. The maximum atomic E-state index is 6.23. The number of nitrogen functional groups attached to an aromatic ring is 1. The number of anilines is 1. The summed E-state index contributed by atoms with van der Waals surface area (Å²) in [6.07, 6.45) is 1.79. The lowest BCUT2D eigenvalue weighted by Crippen LogP contribution is -1.98. The van der Waals surface area contributed by atoms with Crippen molar-refractivity contribution in [1.29, 1.82) is 0 Å². The van der Waals surface area contributed by atoms with Gasteiger partial charge in [0.25, 0.3) is 0 Å². The molecule has 0 fully saturated rings. The number of nitrogens with zero attached hydrogens (tertiary/aromatic N) is 3. The van der Waals surface area contributed by atoms with Gasteiger partial charge in [-0.25, -0.2) is 0 Å². The van der Waals surface area contributed by atoms with Crippen LogP contribution in [0.5, 0.6) is 0 Å². The Balaban J connectivity index is 2.31. The van der Waals surface area contributed by atoms with E-state index >= 15 is 0 Å². The van der Waals surface area contributed by atoms with Gasteiger partial charge in [-0.3, -0.25) is 9.78 Å². The Morgan fingerprint density at radius 2 is 1.90 bits per heavy atom. The molecule has 0 aliphatic rings. The van der Waals surface area contributed by atoms with Gasteiger partial charge in [-0.05, 0) is 25.0 Å². The smallest absolute Gasteiger partial charge is 0.129 e. The summed E-state index contributed by atoms with van der Waals surface area (Å²) in [5, 5.41) is 11.6. The molecule has 0 radical (unpaired) electrons.